The van der Waals surface area contributed by atoms with E-state index in [-0.39, 0.29) is 5.82 Å². The molecule has 3 rings (SSSR count). The maximum absolute atomic E-state index is 13.0. The lowest BCUT2D eigenvalue weighted by Crippen LogP contribution is -2.39. The molecule has 136 valence electrons. The lowest BCUT2D eigenvalue weighted by molar-refractivity contribution is 0.476. The van der Waals surface area contributed by atoms with Gasteiger partial charge < -0.3 is 14.6 Å². The van der Waals surface area contributed by atoms with Crippen LogP contribution >= 0.6 is 0 Å². The second kappa shape index (κ2) is 8.28. The highest BCUT2D eigenvalue weighted by atomic mass is 19.1. The number of aromatic nitrogens is 3. The molecular weight excluding hydrogens is 335 g/mol. The third-order valence-electron chi connectivity index (χ3n) is 3.82. The van der Waals surface area contributed by atoms with E-state index >= 15 is 0 Å². The van der Waals surface area contributed by atoms with Crippen LogP contribution in [0.25, 0.3) is 11.6 Å². The standard InChI is InChI=1S/C18H21FN6O/c1-20-18(25(2)12-13-5-7-14(19)8-6-13)21-10-9-16-22-17(24-23-16)15-4-3-11-26-15/h3-8,11H,9-10,12H2,1-2H3,(H,20,21)(H,22,23,24). The largest absolute Gasteiger partial charge is 0.461 e. The van der Waals surface area contributed by atoms with Gasteiger partial charge >= 0.3 is 0 Å². The van der Waals surface area contributed by atoms with Gasteiger partial charge in [-0.3, -0.25) is 10.1 Å². The zero-order chi connectivity index (χ0) is 18.4. The smallest absolute Gasteiger partial charge is 0.216 e. The number of hydrogen-bond acceptors (Lipinski definition) is 4. The first-order chi connectivity index (χ1) is 12.7. The second-order valence-electron chi connectivity index (χ2n) is 5.79. The third-order valence-corrected chi connectivity index (χ3v) is 3.82. The minimum Gasteiger partial charge on any atom is -0.461 e. The predicted molar refractivity (Wildman–Crippen MR) is 97.0 cm³/mol. The van der Waals surface area contributed by atoms with Crippen molar-refractivity contribution in [2.75, 3.05) is 20.6 Å². The monoisotopic (exact) mass is 356 g/mol. The van der Waals surface area contributed by atoms with Crippen LogP contribution < -0.4 is 5.32 Å². The summed E-state index contributed by atoms with van der Waals surface area (Å²) in [5.74, 6) is 2.46. The molecule has 7 nitrogen and oxygen atoms in total. The molecule has 0 aliphatic heterocycles. The zero-order valence-electron chi connectivity index (χ0n) is 14.7. The number of aliphatic imine (C=N–C) groups is 1. The molecule has 3 aromatic rings. The normalized spacial score (nSPS) is 11.6. The molecule has 0 saturated heterocycles. The van der Waals surface area contributed by atoms with Crippen molar-refractivity contribution in [3.8, 4) is 11.6 Å². The maximum Gasteiger partial charge on any atom is 0.216 e. The average Bonchev–Trinajstić information content (AvgIpc) is 3.32. The van der Waals surface area contributed by atoms with E-state index in [0.29, 0.717) is 31.1 Å². The summed E-state index contributed by atoms with van der Waals surface area (Å²) in [5, 5.41) is 10.3. The molecule has 0 amide bonds. The Morgan fingerprint density at radius 2 is 2.12 bits per heavy atom. The number of aromatic amines is 1. The van der Waals surface area contributed by atoms with Crippen LogP contribution in [-0.4, -0.2) is 46.7 Å². The van der Waals surface area contributed by atoms with Gasteiger partial charge in [-0.25, -0.2) is 9.37 Å². The molecule has 0 aliphatic carbocycles. The molecule has 2 aromatic heterocycles. The van der Waals surface area contributed by atoms with Gasteiger partial charge in [-0.15, -0.1) is 0 Å². The van der Waals surface area contributed by atoms with Crippen LogP contribution in [0.3, 0.4) is 0 Å². The number of hydrogen-bond donors (Lipinski definition) is 2. The summed E-state index contributed by atoms with van der Waals surface area (Å²) in [4.78, 5) is 10.7. The molecule has 1 aromatic carbocycles. The van der Waals surface area contributed by atoms with Crippen LogP contribution in [0.15, 0.2) is 52.1 Å². The minimum atomic E-state index is -0.236. The summed E-state index contributed by atoms with van der Waals surface area (Å²) in [7, 11) is 3.66. The van der Waals surface area contributed by atoms with Gasteiger partial charge in [0.25, 0.3) is 0 Å². The van der Waals surface area contributed by atoms with Crippen LogP contribution in [0.2, 0.25) is 0 Å². The second-order valence-corrected chi connectivity index (χ2v) is 5.79. The Morgan fingerprint density at radius 1 is 1.31 bits per heavy atom. The first kappa shape index (κ1) is 17.7. The summed E-state index contributed by atoms with van der Waals surface area (Å²) in [5.41, 5.74) is 1.01. The number of guanidine groups is 1. The van der Waals surface area contributed by atoms with Crippen molar-refractivity contribution in [3.05, 3.63) is 59.9 Å². The molecule has 2 N–H and O–H groups in total. The van der Waals surface area contributed by atoms with E-state index in [0.717, 1.165) is 17.3 Å². The Bertz CT molecular complexity index is 841. The molecule has 0 aliphatic rings. The van der Waals surface area contributed by atoms with E-state index in [2.05, 4.69) is 25.5 Å². The van der Waals surface area contributed by atoms with Crippen LogP contribution in [-0.2, 0) is 13.0 Å². The summed E-state index contributed by atoms with van der Waals surface area (Å²) in [6, 6.07) is 10.1. The van der Waals surface area contributed by atoms with Crippen molar-refractivity contribution in [1.29, 1.82) is 0 Å². The number of benzene rings is 1. The number of nitrogens with zero attached hydrogens (tertiary/aromatic N) is 4. The van der Waals surface area contributed by atoms with E-state index in [1.807, 2.05) is 18.0 Å². The van der Waals surface area contributed by atoms with Crippen molar-refractivity contribution in [2.24, 2.45) is 4.99 Å². The highest BCUT2D eigenvalue weighted by Gasteiger charge is 2.10. The molecule has 26 heavy (non-hydrogen) atoms. The lowest BCUT2D eigenvalue weighted by Gasteiger charge is -2.22. The van der Waals surface area contributed by atoms with Crippen LogP contribution in [0.5, 0.6) is 0 Å². The van der Waals surface area contributed by atoms with Crippen molar-refractivity contribution in [3.63, 3.8) is 0 Å². The van der Waals surface area contributed by atoms with Gasteiger partial charge in [0.1, 0.15) is 11.6 Å². The van der Waals surface area contributed by atoms with E-state index in [1.54, 1.807) is 31.5 Å². The number of halogens is 1. The van der Waals surface area contributed by atoms with Gasteiger partial charge in [-0.1, -0.05) is 12.1 Å². The highest BCUT2D eigenvalue weighted by Crippen LogP contribution is 2.14. The summed E-state index contributed by atoms with van der Waals surface area (Å²) in [6.07, 6.45) is 2.25. The predicted octanol–water partition coefficient (Wildman–Crippen LogP) is 2.45. The van der Waals surface area contributed by atoms with E-state index in [1.165, 1.54) is 12.1 Å². The SMILES string of the molecule is CN=C(NCCc1nc(-c2ccco2)n[nH]1)N(C)Cc1ccc(F)cc1. The van der Waals surface area contributed by atoms with Gasteiger partial charge in [0.2, 0.25) is 5.82 Å². The highest BCUT2D eigenvalue weighted by molar-refractivity contribution is 5.79. The first-order valence-corrected chi connectivity index (χ1v) is 8.27. The number of furan rings is 1. The minimum absolute atomic E-state index is 0.236. The zero-order valence-corrected chi connectivity index (χ0v) is 14.7. The molecule has 8 heteroatoms. The first-order valence-electron chi connectivity index (χ1n) is 8.27. The average molecular weight is 356 g/mol. The molecule has 0 atom stereocenters. The molecule has 2 heterocycles. The van der Waals surface area contributed by atoms with Gasteiger partial charge in [0.05, 0.1) is 6.26 Å². The van der Waals surface area contributed by atoms with E-state index in [9.17, 15) is 4.39 Å². The fourth-order valence-corrected chi connectivity index (χ4v) is 2.54. The Morgan fingerprint density at radius 3 is 2.81 bits per heavy atom. The van der Waals surface area contributed by atoms with Gasteiger partial charge in [-0.2, -0.15) is 5.10 Å². The van der Waals surface area contributed by atoms with Gasteiger partial charge in [0.15, 0.2) is 11.7 Å². The van der Waals surface area contributed by atoms with Crippen molar-refractivity contribution in [1.82, 2.24) is 25.4 Å². The number of rotatable bonds is 6. The van der Waals surface area contributed by atoms with Crippen molar-refractivity contribution < 1.29 is 8.81 Å². The Labute approximate surface area is 151 Å². The third kappa shape index (κ3) is 4.47. The lowest BCUT2D eigenvalue weighted by atomic mass is 10.2. The van der Waals surface area contributed by atoms with Gasteiger partial charge in [-0.05, 0) is 29.8 Å². The molecule has 0 fully saturated rings. The Balaban J connectivity index is 1.50. The summed E-state index contributed by atoms with van der Waals surface area (Å²) < 4.78 is 18.3. The van der Waals surface area contributed by atoms with Crippen LogP contribution in [0.4, 0.5) is 4.39 Å². The molecule has 0 spiro atoms. The fraction of sp³-hybridized carbons (Fsp3) is 0.278. The summed E-state index contributed by atoms with van der Waals surface area (Å²) >= 11 is 0. The molecular formula is C18H21FN6O. The van der Waals surface area contributed by atoms with E-state index in [4.69, 9.17) is 4.42 Å². The molecule has 0 bridgehead atoms. The molecule has 0 radical (unpaired) electrons. The summed E-state index contributed by atoms with van der Waals surface area (Å²) in [6.45, 7) is 1.28. The van der Waals surface area contributed by atoms with Gasteiger partial charge in [0, 0.05) is 33.6 Å². The number of nitrogens with one attached hydrogen (secondary N) is 2. The molecule has 0 unspecified atom stereocenters. The topological polar surface area (TPSA) is 82.3 Å². The molecule has 0 saturated carbocycles. The van der Waals surface area contributed by atoms with Crippen LogP contribution in [0, 0.1) is 5.82 Å². The van der Waals surface area contributed by atoms with Crippen LogP contribution in [0.1, 0.15) is 11.4 Å². The quantitative estimate of drug-likeness (QED) is 0.524. The number of H-pyrrole nitrogens is 1. The van der Waals surface area contributed by atoms with Crippen molar-refractivity contribution >= 4 is 5.96 Å². The van der Waals surface area contributed by atoms with Crippen molar-refractivity contribution in [2.45, 2.75) is 13.0 Å². The Kier molecular flexibility index (Phi) is 5.62. The fourth-order valence-electron chi connectivity index (χ4n) is 2.54. The maximum atomic E-state index is 13.0. The Hall–Kier alpha value is -3.16. The van der Waals surface area contributed by atoms with E-state index < -0.39 is 0 Å².